The second-order valence-corrected chi connectivity index (χ2v) is 6.30. The first-order chi connectivity index (χ1) is 10.5. The number of nitrogens with zero attached hydrogens (tertiary/aromatic N) is 3. The molecule has 0 aromatic carbocycles. The van der Waals surface area contributed by atoms with Crippen LogP contribution in [0.1, 0.15) is 35.7 Å². The van der Waals surface area contributed by atoms with Crippen molar-refractivity contribution in [2.24, 2.45) is 0 Å². The van der Waals surface area contributed by atoms with Crippen LogP contribution in [0, 0.1) is 0 Å². The maximum absolute atomic E-state index is 12.5. The molecule has 0 spiro atoms. The molecule has 0 atom stereocenters. The van der Waals surface area contributed by atoms with Gasteiger partial charge in [-0.05, 0) is 19.3 Å². The van der Waals surface area contributed by atoms with E-state index in [4.69, 9.17) is 4.52 Å². The topological polar surface area (TPSA) is 43.9 Å². The standard InChI is InChI=1S/C14H16F3N3OS/c15-14(16,17)9-20-6-5-18-13(20)8-22-7-11-10-3-1-2-4-12(10)21-19-11/h5-6H,1-4,7-9H2. The highest BCUT2D eigenvalue weighted by molar-refractivity contribution is 7.97. The number of thioether (sulfide) groups is 1. The number of hydrogen-bond donors (Lipinski definition) is 0. The molecule has 22 heavy (non-hydrogen) atoms. The Labute approximate surface area is 130 Å². The minimum Gasteiger partial charge on any atom is -0.361 e. The van der Waals surface area contributed by atoms with Gasteiger partial charge >= 0.3 is 6.18 Å². The fourth-order valence-corrected chi connectivity index (χ4v) is 3.56. The maximum Gasteiger partial charge on any atom is 0.406 e. The molecule has 4 nitrogen and oxygen atoms in total. The Morgan fingerprint density at radius 1 is 1.23 bits per heavy atom. The van der Waals surface area contributed by atoms with Gasteiger partial charge in [0.15, 0.2) is 0 Å². The minimum absolute atomic E-state index is 0.421. The molecule has 0 aliphatic heterocycles. The van der Waals surface area contributed by atoms with Crippen LogP contribution >= 0.6 is 11.8 Å². The largest absolute Gasteiger partial charge is 0.406 e. The van der Waals surface area contributed by atoms with Crippen LogP contribution in [0.25, 0.3) is 0 Å². The van der Waals surface area contributed by atoms with Gasteiger partial charge in [-0.2, -0.15) is 13.2 Å². The number of hydrogen-bond acceptors (Lipinski definition) is 4. The number of halogens is 3. The van der Waals surface area contributed by atoms with Crippen LogP contribution in [0.15, 0.2) is 16.9 Å². The molecule has 0 saturated carbocycles. The van der Waals surface area contributed by atoms with Crippen LogP contribution in [-0.2, 0) is 30.9 Å². The van der Waals surface area contributed by atoms with E-state index in [0.29, 0.717) is 17.3 Å². The van der Waals surface area contributed by atoms with Crippen molar-refractivity contribution in [2.45, 2.75) is 49.9 Å². The predicted octanol–water partition coefficient (Wildman–Crippen LogP) is 3.75. The van der Waals surface area contributed by atoms with Gasteiger partial charge in [-0.1, -0.05) is 5.16 Å². The van der Waals surface area contributed by atoms with E-state index in [1.165, 1.54) is 29.7 Å². The Morgan fingerprint density at radius 2 is 2.05 bits per heavy atom. The predicted molar refractivity (Wildman–Crippen MR) is 76.4 cm³/mol. The highest BCUT2D eigenvalue weighted by atomic mass is 32.2. The van der Waals surface area contributed by atoms with Crippen LogP contribution in [-0.4, -0.2) is 20.9 Å². The van der Waals surface area contributed by atoms with Crippen molar-refractivity contribution < 1.29 is 17.7 Å². The zero-order valence-corrected chi connectivity index (χ0v) is 12.7. The average Bonchev–Trinajstić information content (AvgIpc) is 3.05. The van der Waals surface area contributed by atoms with Gasteiger partial charge < -0.3 is 9.09 Å². The van der Waals surface area contributed by atoms with Gasteiger partial charge in [0.05, 0.1) is 11.4 Å². The summed E-state index contributed by atoms with van der Waals surface area (Å²) in [5.74, 6) is 2.46. The molecule has 0 bridgehead atoms. The van der Waals surface area contributed by atoms with Crippen molar-refractivity contribution in [1.82, 2.24) is 14.7 Å². The van der Waals surface area contributed by atoms with Gasteiger partial charge in [0.1, 0.15) is 18.1 Å². The lowest BCUT2D eigenvalue weighted by molar-refractivity contribution is -0.140. The van der Waals surface area contributed by atoms with Crippen LogP contribution in [0.2, 0.25) is 0 Å². The van der Waals surface area contributed by atoms with E-state index >= 15 is 0 Å². The number of alkyl halides is 3. The van der Waals surface area contributed by atoms with Crippen molar-refractivity contribution in [1.29, 1.82) is 0 Å². The molecule has 0 radical (unpaired) electrons. The maximum atomic E-state index is 12.5. The first kappa shape index (κ1) is 15.5. The Morgan fingerprint density at radius 3 is 2.86 bits per heavy atom. The molecule has 0 saturated heterocycles. The number of aryl methyl sites for hydroxylation is 1. The highest BCUT2D eigenvalue weighted by Crippen LogP contribution is 2.28. The molecule has 2 heterocycles. The second-order valence-electron chi connectivity index (χ2n) is 5.32. The summed E-state index contributed by atoms with van der Waals surface area (Å²) >= 11 is 1.51. The molecular formula is C14H16F3N3OS. The number of aromatic nitrogens is 3. The highest BCUT2D eigenvalue weighted by Gasteiger charge is 2.28. The zero-order valence-electron chi connectivity index (χ0n) is 11.9. The van der Waals surface area contributed by atoms with E-state index in [1.54, 1.807) is 0 Å². The number of rotatable bonds is 5. The Kier molecular flexibility index (Phi) is 4.46. The van der Waals surface area contributed by atoms with Crippen LogP contribution < -0.4 is 0 Å². The zero-order chi connectivity index (χ0) is 15.6. The molecular weight excluding hydrogens is 315 g/mol. The third kappa shape index (κ3) is 3.66. The summed E-state index contributed by atoms with van der Waals surface area (Å²) in [6.45, 7) is -0.998. The van der Waals surface area contributed by atoms with Gasteiger partial charge in [-0.3, -0.25) is 0 Å². The third-order valence-corrected chi connectivity index (χ3v) is 4.59. The van der Waals surface area contributed by atoms with E-state index in [0.717, 1.165) is 41.7 Å². The van der Waals surface area contributed by atoms with Crippen molar-refractivity contribution in [3.05, 3.63) is 35.2 Å². The molecule has 1 aliphatic carbocycles. The van der Waals surface area contributed by atoms with Crippen molar-refractivity contribution in [2.75, 3.05) is 0 Å². The summed E-state index contributed by atoms with van der Waals surface area (Å²) in [5.41, 5.74) is 2.12. The van der Waals surface area contributed by atoms with Gasteiger partial charge in [-0.25, -0.2) is 4.98 Å². The Bertz CT molecular complexity index is 636. The fraction of sp³-hybridized carbons (Fsp3) is 0.571. The van der Waals surface area contributed by atoms with Gasteiger partial charge in [-0.15, -0.1) is 11.8 Å². The van der Waals surface area contributed by atoms with Crippen LogP contribution in [0.3, 0.4) is 0 Å². The normalized spacial score (nSPS) is 15.0. The van der Waals surface area contributed by atoms with E-state index < -0.39 is 12.7 Å². The molecule has 2 aromatic rings. The summed E-state index contributed by atoms with van der Waals surface area (Å²) in [6.07, 6.45) is 2.72. The summed E-state index contributed by atoms with van der Waals surface area (Å²) < 4.78 is 43.8. The molecule has 3 rings (SSSR count). The summed E-state index contributed by atoms with van der Waals surface area (Å²) in [6, 6.07) is 0. The van der Waals surface area contributed by atoms with Crippen molar-refractivity contribution in [3.8, 4) is 0 Å². The molecule has 0 N–H and O–H groups in total. The number of imidazole rings is 1. The van der Waals surface area contributed by atoms with Gasteiger partial charge in [0, 0.05) is 30.1 Å². The van der Waals surface area contributed by atoms with E-state index in [1.807, 2.05) is 0 Å². The minimum atomic E-state index is -4.23. The molecule has 8 heteroatoms. The first-order valence-electron chi connectivity index (χ1n) is 7.14. The lowest BCUT2D eigenvalue weighted by atomic mass is 9.97. The van der Waals surface area contributed by atoms with Crippen LogP contribution in [0.5, 0.6) is 0 Å². The fourth-order valence-electron chi connectivity index (χ4n) is 2.62. The molecule has 2 aromatic heterocycles. The number of fused-ring (bicyclic) bond motifs is 1. The molecule has 0 unspecified atom stereocenters. The Balaban J connectivity index is 1.58. The monoisotopic (exact) mass is 331 g/mol. The lowest BCUT2D eigenvalue weighted by Gasteiger charge is -2.11. The quantitative estimate of drug-likeness (QED) is 0.837. The van der Waals surface area contributed by atoms with E-state index in [2.05, 4.69) is 10.1 Å². The second kappa shape index (κ2) is 6.36. The van der Waals surface area contributed by atoms with Crippen molar-refractivity contribution >= 4 is 11.8 Å². The first-order valence-corrected chi connectivity index (χ1v) is 8.29. The molecule has 0 fully saturated rings. The van der Waals surface area contributed by atoms with Crippen molar-refractivity contribution in [3.63, 3.8) is 0 Å². The van der Waals surface area contributed by atoms with E-state index in [-0.39, 0.29) is 0 Å². The molecule has 1 aliphatic rings. The van der Waals surface area contributed by atoms with Crippen LogP contribution in [0.4, 0.5) is 13.2 Å². The van der Waals surface area contributed by atoms with E-state index in [9.17, 15) is 13.2 Å². The summed E-state index contributed by atoms with van der Waals surface area (Å²) in [7, 11) is 0. The van der Waals surface area contributed by atoms with Gasteiger partial charge in [0.2, 0.25) is 0 Å². The average molecular weight is 331 g/mol. The summed E-state index contributed by atoms with van der Waals surface area (Å²) in [4.78, 5) is 4.00. The summed E-state index contributed by atoms with van der Waals surface area (Å²) in [5, 5.41) is 4.10. The molecule has 120 valence electrons. The Hall–Kier alpha value is -1.44. The SMILES string of the molecule is FC(F)(F)Cn1ccnc1CSCc1noc2c1CCCC2. The lowest BCUT2D eigenvalue weighted by Crippen LogP contribution is -2.18. The molecule has 0 amide bonds. The third-order valence-electron chi connectivity index (χ3n) is 3.65. The van der Waals surface area contributed by atoms with Gasteiger partial charge in [0.25, 0.3) is 0 Å². The smallest absolute Gasteiger partial charge is 0.361 e.